The maximum atomic E-state index is 10.9. The Hall–Kier alpha value is -2.17. The van der Waals surface area contributed by atoms with Crippen LogP contribution in [-0.2, 0) is 19.1 Å². The van der Waals surface area contributed by atoms with Crippen molar-refractivity contribution in [3.63, 3.8) is 0 Å². The van der Waals surface area contributed by atoms with Gasteiger partial charge in [0.25, 0.3) is 0 Å². The van der Waals surface area contributed by atoms with Gasteiger partial charge in [-0.05, 0) is 88.9 Å². The van der Waals surface area contributed by atoms with E-state index in [2.05, 4.69) is 49.6 Å². The summed E-state index contributed by atoms with van der Waals surface area (Å²) in [6, 6.07) is 4.80. The van der Waals surface area contributed by atoms with E-state index < -0.39 is 0 Å². The predicted molar refractivity (Wildman–Crippen MR) is 120 cm³/mol. The lowest BCUT2D eigenvalue weighted by molar-refractivity contribution is -0.191. The maximum Gasteiger partial charge on any atom is 0.373 e. The Bertz CT molecular complexity index is 601. The number of esters is 1. The Labute approximate surface area is 182 Å². The van der Waals surface area contributed by atoms with Gasteiger partial charge in [-0.25, -0.2) is 0 Å². The molecule has 172 valence electrons. The smallest absolute Gasteiger partial charge is 0.373 e. The summed E-state index contributed by atoms with van der Waals surface area (Å²) < 4.78 is 9.74. The number of aryl methyl sites for hydroxylation is 2. The maximum absolute atomic E-state index is 10.9. The van der Waals surface area contributed by atoms with Crippen LogP contribution < -0.4 is 4.74 Å². The van der Waals surface area contributed by atoms with Gasteiger partial charge in [0, 0.05) is 12.5 Å². The topological polar surface area (TPSA) is 72.9 Å². The van der Waals surface area contributed by atoms with E-state index in [0.29, 0.717) is 12.5 Å². The van der Waals surface area contributed by atoms with Crippen LogP contribution in [0.25, 0.3) is 0 Å². The standard InChI is InChI=1S/C11H21NO2.C10H14O.C2H6.CO2/c1-12-9-4-3-6-10(12)7-5-8-11(13)14-2;1-7-5-10(11-4)6-8(2)9(7)3;1-2;2-1-3/h10H,3-9H2,1-2H3;5-6H,1-4H3;1-2H3;. The minimum Gasteiger partial charge on any atom is -0.497 e. The van der Waals surface area contributed by atoms with Crippen LogP contribution in [0.4, 0.5) is 0 Å². The normalized spacial score (nSPS) is 15.0. The van der Waals surface area contributed by atoms with E-state index in [1.807, 2.05) is 13.8 Å². The zero-order valence-electron chi connectivity index (χ0n) is 20.2. The Morgan fingerprint density at radius 3 is 2.07 bits per heavy atom. The van der Waals surface area contributed by atoms with Crippen LogP contribution in [0, 0.1) is 20.8 Å². The van der Waals surface area contributed by atoms with Gasteiger partial charge in [0.2, 0.25) is 0 Å². The highest BCUT2D eigenvalue weighted by Gasteiger charge is 2.18. The Morgan fingerprint density at radius 1 is 1.10 bits per heavy atom. The zero-order chi connectivity index (χ0) is 23.5. The zero-order valence-corrected chi connectivity index (χ0v) is 20.2. The minimum absolute atomic E-state index is 0.0801. The van der Waals surface area contributed by atoms with Gasteiger partial charge < -0.3 is 14.4 Å². The molecule has 0 aliphatic carbocycles. The van der Waals surface area contributed by atoms with Crippen LogP contribution in [-0.4, -0.2) is 50.9 Å². The molecule has 0 aromatic heterocycles. The summed E-state index contributed by atoms with van der Waals surface area (Å²) in [4.78, 5) is 29.6. The fraction of sp³-hybridized carbons (Fsp3) is 0.667. The first kappa shape index (κ1) is 30.0. The van der Waals surface area contributed by atoms with Crippen LogP contribution in [0.2, 0.25) is 0 Å². The molecule has 1 aromatic carbocycles. The molecule has 2 rings (SSSR count). The van der Waals surface area contributed by atoms with Gasteiger partial charge in [-0.15, -0.1) is 0 Å². The number of ether oxygens (including phenoxy) is 2. The third-order valence-corrected chi connectivity index (χ3v) is 5.20. The molecular weight excluding hydrogens is 382 g/mol. The first-order valence-corrected chi connectivity index (χ1v) is 10.7. The number of carbonyl (C=O) groups excluding carboxylic acids is 3. The molecule has 0 amide bonds. The molecule has 0 radical (unpaired) electrons. The predicted octanol–water partition coefficient (Wildman–Crippen LogP) is 4.88. The number of carbonyl (C=O) groups is 1. The molecule has 1 heterocycles. The quantitative estimate of drug-likeness (QED) is 0.629. The van der Waals surface area contributed by atoms with Gasteiger partial charge in [0.05, 0.1) is 14.2 Å². The van der Waals surface area contributed by atoms with Gasteiger partial charge in [0.1, 0.15) is 5.75 Å². The first-order chi connectivity index (χ1) is 14.3. The Morgan fingerprint density at radius 2 is 1.63 bits per heavy atom. The average Bonchev–Trinajstić information content (AvgIpc) is 2.75. The second kappa shape index (κ2) is 18.8. The van der Waals surface area contributed by atoms with E-state index in [0.717, 1.165) is 18.6 Å². The summed E-state index contributed by atoms with van der Waals surface area (Å²) in [5.74, 6) is 0.870. The third-order valence-electron chi connectivity index (χ3n) is 5.20. The largest absolute Gasteiger partial charge is 0.497 e. The van der Waals surface area contributed by atoms with Crippen molar-refractivity contribution in [1.82, 2.24) is 4.90 Å². The summed E-state index contributed by atoms with van der Waals surface area (Å²) in [7, 11) is 5.33. The van der Waals surface area contributed by atoms with Crippen molar-refractivity contribution in [2.24, 2.45) is 0 Å². The fourth-order valence-corrected chi connectivity index (χ4v) is 3.21. The number of nitrogens with zero attached hydrogens (tertiary/aromatic N) is 1. The average molecular weight is 424 g/mol. The van der Waals surface area contributed by atoms with Gasteiger partial charge >= 0.3 is 12.1 Å². The number of hydrogen-bond acceptors (Lipinski definition) is 6. The molecule has 30 heavy (non-hydrogen) atoms. The fourth-order valence-electron chi connectivity index (χ4n) is 3.21. The molecule has 1 aromatic rings. The SMILES string of the molecule is CC.COC(=O)CCCC1CCCCN1C.COc1cc(C)c(C)c(C)c1.O=C=O. The summed E-state index contributed by atoms with van der Waals surface area (Å²) in [6.45, 7) is 11.5. The van der Waals surface area contributed by atoms with Crippen LogP contribution in [0.15, 0.2) is 12.1 Å². The highest BCUT2D eigenvalue weighted by molar-refractivity contribution is 5.68. The highest BCUT2D eigenvalue weighted by atomic mass is 16.5. The van der Waals surface area contributed by atoms with Crippen LogP contribution in [0.5, 0.6) is 5.75 Å². The van der Waals surface area contributed by atoms with Gasteiger partial charge in [-0.3, -0.25) is 4.79 Å². The molecule has 0 saturated carbocycles. The van der Waals surface area contributed by atoms with Crippen molar-refractivity contribution in [3.05, 3.63) is 28.8 Å². The third kappa shape index (κ3) is 13.1. The van der Waals surface area contributed by atoms with E-state index in [-0.39, 0.29) is 12.1 Å². The number of hydrogen-bond donors (Lipinski definition) is 0. The highest BCUT2D eigenvalue weighted by Crippen LogP contribution is 2.20. The Kier molecular flexibility index (Phi) is 18.8. The van der Waals surface area contributed by atoms with Crippen molar-refractivity contribution < 1.29 is 23.9 Å². The van der Waals surface area contributed by atoms with E-state index >= 15 is 0 Å². The van der Waals surface area contributed by atoms with Crippen molar-refractivity contribution in [3.8, 4) is 5.75 Å². The van der Waals surface area contributed by atoms with Gasteiger partial charge in [-0.2, -0.15) is 9.59 Å². The monoisotopic (exact) mass is 423 g/mol. The first-order valence-electron chi connectivity index (χ1n) is 10.7. The molecule has 1 saturated heterocycles. The summed E-state index contributed by atoms with van der Waals surface area (Å²) in [6.07, 6.45) is 6.86. The number of methoxy groups -OCH3 is 2. The van der Waals surface area contributed by atoms with Crippen molar-refractivity contribution >= 4 is 12.1 Å². The van der Waals surface area contributed by atoms with Gasteiger partial charge in [0.15, 0.2) is 0 Å². The van der Waals surface area contributed by atoms with Crippen LogP contribution in [0.3, 0.4) is 0 Å². The summed E-state index contributed by atoms with van der Waals surface area (Å²) in [5, 5.41) is 0. The second-order valence-corrected chi connectivity index (χ2v) is 7.07. The van der Waals surface area contributed by atoms with Crippen molar-refractivity contribution in [2.45, 2.75) is 79.2 Å². The van der Waals surface area contributed by atoms with Crippen LogP contribution in [0.1, 0.15) is 69.1 Å². The van der Waals surface area contributed by atoms with Crippen molar-refractivity contribution in [1.29, 1.82) is 0 Å². The molecule has 1 aliphatic heterocycles. The number of rotatable bonds is 5. The Balaban J connectivity index is 0. The lowest BCUT2D eigenvalue weighted by Crippen LogP contribution is -2.36. The molecule has 6 heteroatoms. The summed E-state index contributed by atoms with van der Waals surface area (Å²) in [5.41, 5.74) is 3.94. The van der Waals surface area contributed by atoms with E-state index in [9.17, 15) is 4.79 Å². The van der Waals surface area contributed by atoms with Crippen LogP contribution >= 0.6 is 0 Å². The molecule has 0 N–H and O–H groups in total. The minimum atomic E-state index is -0.0801. The molecule has 0 bridgehead atoms. The lowest BCUT2D eigenvalue weighted by atomic mass is 9.98. The van der Waals surface area contributed by atoms with E-state index in [1.54, 1.807) is 7.11 Å². The number of benzene rings is 1. The molecule has 1 fully saturated rings. The van der Waals surface area contributed by atoms with E-state index in [4.69, 9.17) is 14.3 Å². The molecule has 6 nitrogen and oxygen atoms in total. The molecule has 1 aliphatic rings. The lowest BCUT2D eigenvalue weighted by Gasteiger charge is -2.32. The number of likely N-dealkylation sites (tertiary alicyclic amines) is 1. The molecule has 1 unspecified atom stereocenters. The second-order valence-electron chi connectivity index (χ2n) is 7.07. The molecule has 0 spiro atoms. The molecular formula is C24H41NO5. The number of piperidine rings is 1. The summed E-state index contributed by atoms with van der Waals surface area (Å²) >= 11 is 0. The van der Waals surface area contributed by atoms with Gasteiger partial charge in [-0.1, -0.05) is 20.3 Å². The van der Waals surface area contributed by atoms with Crippen molar-refractivity contribution in [2.75, 3.05) is 27.8 Å². The molecule has 1 atom stereocenters. The van der Waals surface area contributed by atoms with E-state index in [1.165, 1.54) is 49.6 Å².